The van der Waals surface area contributed by atoms with E-state index in [-0.39, 0.29) is 10.9 Å². The number of benzene rings is 1. The molecule has 0 aliphatic heterocycles. The number of rotatable bonds is 7. The third-order valence-electron chi connectivity index (χ3n) is 2.64. The average Bonchev–Trinajstić information content (AvgIpc) is 2.38. The fraction of sp³-hybridized carbons (Fsp3) is 0.500. The van der Waals surface area contributed by atoms with Gasteiger partial charge in [-0.25, -0.2) is 13.1 Å². The monoisotopic (exact) mass is 272 g/mol. The number of hydrogen-bond acceptors (Lipinski definition) is 4. The topological polar surface area (TPSA) is 67.4 Å². The first kappa shape index (κ1) is 14.9. The van der Waals surface area contributed by atoms with E-state index in [2.05, 4.69) is 10.0 Å². The molecule has 0 amide bonds. The van der Waals surface area contributed by atoms with Crippen LogP contribution in [0.15, 0.2) is 29.2 Å². The van der Waals surface area contributed by atoms with Crippen LogP contribution in [0.1, 0.15) is 13.3 Å². The first-order valence-electron chi connectivity index (χ1n) is 5.82. The minimum Gasteiger partial charge on any atom is -0.388 e. The molecule has 0 radical (unpaired) electrons. The van der Waals surface area contributed by atoms with Crippen molar-refractivity contribution >= 4 is 15.7 Å². The second-order valence-corrected chi connectivity index (χ2v) is 5.67. The molecule has 18 heavy (non-hydrogen) atoms. The molecule has 1 unspecified atom stereocenters. The van der Waals surface area contributed by atoms with Crippen LogP contribution in [-0.2, 0) is 14.8 Å². The first-order chi connectivity index (χ1) is 8.53. The molecule has 0 saturated carbocycles. The Labute approximate surface area is 109 Å². The van der Waals surface area contributed by atoms with Gasteiger partial charge in [-0.1, -0.05) is 6.92 Å². The molecule has 0 aliphatic rings. The Balaban J connectivity index is 2.84. The van der Waals surface area contributed by atoms with E-state index < -0.39 is 10.0 Å². The van der Waals surface area contributed by atoms with Crippen LogP contribution >= 0.6 is 0 Å². The number of hydrogen-bond donors (Lipinski definition) is 2. The highest BCUT2D eigenvalue weighted by molar-refractivity contribution is 7.89. The van der Waals surface area contributed by atoms with Gasteiger partial charge in [-0.2, -0.15) is 0 Å². The van der Waals surface area contributed by atoms with E-state index in [4.69, 9.17) is 4.74 Å². The summed E-state index contributed by atoms with van der Waals surface area (Å²) in [4.78, 5) is 0.260. The van der Waals surface area contributed by atoms with Gasteiger partial charge in [0, 0.05) is 25.9 Å². The zero-order valence-electron chi connectivity index (χ0n) is 10.9. The summed E-state index contributed by atoms with van der Waals surface area (Å²) in [6.07, 6.45) is 0.682. The number of nitrogens with one attached hydrogen (secondary N) is 2. The smallest absolute Gasteiger partial charge is 0.240 e. The summed E-state index contributed by atoms with van der Waals surface area (Å²) in [7, 11) is -0.137. The Hall–Kier alpha value is -1.11. The van der Waals surface area contributed by atoms with E-state index in [1.54, 1.807) is 38.4 Å². The van der Waals surface area contributed by atoms with Crippen molar-refractivity contribution in [3.05, 3.63) is 24.3 Å². The maximum Gasteiger partial charge on any atom is 0.240 e. The van der Waals surface area contributed by atoms with Gasteiger partial charge < -0.3 is 10.1 Å². The first-order valence-corrected chi connectivity index (χ1v) is 7.31. The fourth-order valence-electron chi connectivity index (χ4n) is 1.52. The fourth-order valence-corrected chi connectivity index (χ4v) is 2.83. The lowest BCUT2D eigenvalue weighted by Gasteiger charge is -2.16. The molecular formula is C12H20N2O3S. The van der Waals surface area contributed by atoms with Crippen molar-refractivity contribution in [1.82, 2.24) is 4.72 Å². The van der Waals surface area contributed by atoms with Crippen LogP contribution in [0, 0.1) is 0 Å². The lowest BCUT2D eigenvalue weighted by Crippen LogP contribution is -2.37. The van der Waals surface area contributed by atoms with E-state index in [1.165, 1.54) is 0 Å². The van der Waals surface area contributed by atoms with E-state index >= 15 is 0 Å². The largest absolute Gasteiger partial charge is 0.388 e. The zero-order valence-corrected chi connectivity index (χ0v) is 11.8. The third kappa shape index (κ3) is 3.97. The van der Waals surface area contributed by atoms with Crippen LogP contribution in [0.4, 0.5) is 5.69 Å². The van der Waals surface area contributed by atoms with Gasteiger partial charge in [-0.15, -0.1) is 0 Å². The predicted octanol–water partition coefficient (Wildman–Crippen LogP) is 1.43. The van der Waals surface area contributed by atoms with E-state index in [0.717, 1.165) is 5.69 Å². The Morgan fingerprint density at radius 2 is 1.89 bits per heavy atom. The molecule has 0 aromatic heterocycles. The van der Waals surface area contributed by atoms with Gasteiger partial charge in [-0.3, -0.25) is 0 Å². The SMILES string of the molecule is CCC(COC)NS(=O)(=O)c1ccc(NC)cc1. The highest BCUT2D eigenvalue weighted by atomic mass is 32.2. The molecule has 1 rings (SSSR count). The molecule has 0 bridgehead atoms. The standard InChI is InChI=1S/C12H20N2O3S/c1-4-10(9-17-3)14-18(15,16)12-7-5-11(13-2)6-8-12/h5-8,10,13-14H,4,9H2,1-3H3. The molecule has 102 valence electrons. The van der Waals surface area contributed by atoms with Crippen molar-refractivity contribution in [2.24, 2.45) is 0 Å². The Kier molecular flexibility index (Phi) is 5.58. The van der Waals surface area contributed by atoms with Gasteiger partial charge in [-0.05, 0) is 30.7 Å². The molecule has 5 nitrogen and oxygen atoms in total. The van der Waals surface area contributed by atoms with Crippen molar-refractivity contribution in [2.45, 2.75) is 24.3 Å². The van der Waals surface area contributed by atoms with Gasteiger partial charge in [0.25, 0.3) is 0 Å². The molecule has 0 spiro atoms. The van der Waals surface area contributed by atoms with Gasteiger partial charge in [0.1, 0.15) is 0 Å². The van der Waals surface area contributed by atoms with Crippen LogP contribution in [0.5, 0.6) is 0 Å². The van der Waals surface area contributed by atoms with E-state index in [1.807, 2.05) is 6.92 Å². The lowest BCUT2D eigenvalue weighted by atomic mass is 10.3. The number of methoxy groups -OCH3 is 1. The molecule has 0 saturated heterocycles. The van der Waals surface area contributed by atoms with Crippen LogP contribution in [0.25, 0.3) is 0 Å². The summed E-state index contributed by atoms with van der Waals surface area (Å²) in [5.41, 5.74) is 0.873. The van der Waals surface area contributed by atoms with Gasteiger partial charge >= 0.3 is 0 Å². The van der Waals surface area contributed by atoms with E-state index in [0.29, 0.717) is 13.0 Å². The van der Waals surface area contributed by atoms with Crippen molar-refractivity contribution in [3.8, 4) is 0 Å². The van der Waals surface area contributed by atoms with Gasteiger partial charge in [0.05, 0.1) is 11.5 Å². The number of anilines is 1. The molecule has 1 aromatic carbocycles. The van der Waals surface area contributed by atoms with Crippen LogP contribution < -0.4 is 10.0 Å². The zero-order chi connectivity index (χ0) is 13.6. The molecule has 0 fully saturated rings. The highest BCUT2D eigenvalue weighted by Gasteiger charge is 2.18. The molecule has 0 heterocycles. The lowest BCUT2D eigenvalue weighted by molar-refractivity contribution is 0.173. The number of sulfonamides is 1. The molecular weight excluding hydrogens is 252 g/mol. The Morgan fingerprint density at radius 3 is 2.33 bits per heavy atom. The summed E-state index contributed by atoms with van der Waals surface area (Å²) in [6.45, 7) is 2.28. The summed E-state index contributed by atoms with van der Waals surface area (Å²) >= 11 is 0. The van der Waals surface area contributed by atoms with Crippen molar-refractivity contribution in [2.75, 3.05) is 26.1 Å². The summed E-state index contributed by atoms with van der Waals surface area (Å²) in [5, 5.41) is 2.94. The van der Waals surface area contributed by atoms with Crippen LogP contribution in [-0.4, -0.2) is 35.2 Å². The van der Waals surface area contributed by atoms with Gasteiger partial charge in [0.15, 0.2) is 0 Å². The van der Waals surface area contributed by atoms with Crippen molar-refractivity contribution in [3.63, 3.8) is 0 Å². The summed E-state index contributed by atoms with van der Waals surface area (Å²) in [6, 6.07) is 6.41. The number of ether oxygens (including phenoxy) is 1. The summed E-state index contributed by atoms with van der Waals surface area (Å²) < 4.78 is 31.8. The normalized spacial score (nSPS) is 13.3. The van der Waals surface area contributed by atoms with Crippen LogP contribution in [0.3, 0.4) is 0 Å². The quantitative estimate of drug-likeness (QED) is 0.788. The van der Waals surface area contributed by atoms with Crippen molar-refractivity contribution in [1.29, 1.82) is 0 Å². The molecule has 1 atom stereocenters. The maximum atomic E-state index is 12.1. The second kappa shape index (κ2) is 6.72. The minimum atomic E-state index is -3.48. The Morgan fingerprint density at radius 1 is 1.28 bits per heavy atom. The maximum absolute atomic E-state index is 12.1. The summed E-state index contributed by atoms with van der Waals surface area (Å²) in [5.74, 6) is 0. The molecule has 6 heteroatoms. The molecule has 2 N–H and O–H groups in total. The van der Waals surface area contributed by atoms with Crippen molar-refractivity contribution < 1.29 is 13.2 Å². The highest BCUT2D eigenvalue weighted by Crippen LogP contribution is 2.14. The molecule has 0 aliphatic carbocycles. The minimum absolute atomic E-state index is 0.205. The molecule has 1 aromatic rings. The predicted molar refractivity (Wildman–Crippen MR) is 72.3 cm³/mol. The van der Waals surface area contributed by atoms with Crippen LogP contribution in [0.2, 0.25) is 0 Å². The average molecular weight is 272 g/mol. The van der Waals surface area contributed by atoms with E-state index in [9.17, 15) is 8.42 Å². The second-order valence-electron chi connectivity index (χ2n) is 3.96. The van der Waals surface area contributed by atoms with Gasteiger partial charge in [0.2, 0.25) is 10.0 Å². The Bertz CT molecular complexity index is 457. The third-order valence-corrected chi connectivity index (χ3v) is 4.17.